The number of hydrogen-bond acceptors (Lipinski definition) is 3. The maximum atomic E-state index is 11.0. The molecular weight excluding hydrogens is 168 g/mol. The lowest BCUT2D eigenvalue weighted by atomic mass is 10.2. The van der Waals surface area contributed by atoms with Crippen LogP contribution in [0.15, 0.2) is 5.10 Å². The first-order valence-corrected chi connectivity index (χ1v) is 7.12. The number of Topliss-reactive ketones (excluding diaryl/α,β-unsaturated/α-hetero) is 1. The van der Waals surface area contributed by atoms with Gasteiger partial charge in [0, 0.05) is 14.0 Å². The molecule has 0 radical (unpaired) electrons. The molecule has 0 aromatic heterocycles. The number of ketones is 1. The van der Waals surface area contributed by atoms with Gasteiger partial charge < -0.3 is 4.67 Å². The normalized spacial score (nSPS) is 12.0. The first kappa shape index (κ1) is 11.4. The van der Waals surface area contributed by atoms with Crippen molar-refractivity contribution in [1.29, 1.82) is 0 Å². The van der Waals surface area contributed by atoms with Gasteiger partial charge in [-0.15, -0.1) is 0 Å². The molecule has 0 aromatic rings. The molecule has 0 heterocycles. The highest BCUT2D eigenvalue weighted by Gasteiger charge is 2.06. The highest BCUT2D eigenvalue weighted by Crippen LogP contribution is 1.95. The number of carbonyl (C=O) groups excluding carboxylic acids is 1. The van der Waals surface area contributed by atoms with Crippen LogP contribution in [0.4, 0.5) is 0 Å². The van der Waals surface area contributed by atoms with Crippen molar-refractivity contribution in [3.05, 3.63) is 0 Å². The smallest absolute Gasteiger partial charge is 0.175 e. The fourth-order valence-electron chi connectivity index (χ4n) is 0.696. The number of hydrazone groups is 1. The molecule has 4 heteroatoms. The molecule has 0 spiro atoms. The van der Waals surface area contributed by atoms with Gasteiger partial charge >= 0.3 is 0 Å². The Bertz CT molecular complexity index is 189. The van der Waals surface area contributed by atoms with Crippen LogP contribution < -0.4 is 0 Å². The summed E-state index contributed by atoms with van der Waals surface area (Å²) >= 11 is 0. The minimum atomic E-state index is -0.882. The van der Waals surface area contributed by atoms with E-state index >= 15 is 0 Å². The Balaban J connectivity index is 4.38. The Morgan fingerprint density at radius 3 is 2.25 bits per heavy atom. The van der Waals surface area contributed by atoms with Crippen LogP contribution in [0, 0.1) is 0 Å². The third-order valence-corrected chi connectivity index (χ3v) is 3.38. The van der Waals surface area contributed by atoms with Crippen molar-refractivity contribution in [2.75, 3.05) is 7.05 Å². The standard InChI is InChI=1S/C8H18N2OSi/c1-6-8(7(2)11)9-10(3)12(4)5/h12H,6H2,1-5H3. The van der Waals surface area contributed by atoms with Crippen LogP contribution in [0.25, 0.3) is 0 Å². The summed E-state index contributed by atoms with van der Waals surface area (Å²) in [5, 5.41) is 4.26. The molecule has 0 bridgehead atoms. The van der Waals surface area contributed by atoms with Crippen LogP contribution in [0.5, 0.6) is 0 Å². The lowest BCUT2D eigenvalue weighted by Gasteiger charge is -2.17. The highest BCUT2D eigenvalue weighted by atomic mass is 28.3. The average molecular weight is 186 g/mol. The molecule has 0 aliphatic carbocycles. The Labute approximate surface area is 76.1 Å². The fourth-order valence-corrected chi connectivity index (χ4v) is 1.07. The lowest BCUT2D eigenvalue weighted by molar-refractivity contribution is -0.111. The molecule has 0 aliphatic heterocycles. The summed E-state index contributed by atoms with van der Waals surface area (Å²) < 4.78 is 1.94. The monoisotopic (exact) mass is 186 g/mol. The summed E-state index contributed by atoms with van der Waals surface area (Å²) in [6.45, 7) is 7.88. The van der Waals surface area contributed by atoms with Gasteiger partial charge in [-0.1, -0.05) is 20.0 Å². The van der Waals surface area contributed by atoms with Crippen molar-refractivity contribution in [3.63, 3.8) is 0 Å². The molecule has 0 atom stereocenters. The summed E-state index contributed by atoms with van der Waals surface area (Å²) in [5.74, 6) is 0.0824. The zero-order valence-corrected chi connectivity index (χ0v) is 9.74. The molecule has 12 heavy (non-hydrogen) atoms. The second-order valence-electron chi connectivity index (χ2n) is 3.12. The SMILES string of the molecule is CCC(=NN(C)[SiH](C)C)C(C)=O. The summed E-state index contributed by atoms with van der Waals surface area (Å²) in [5.41, 5.74) is 0.679. The van der Waals surface area contributed by atoms with Crippen molar-refractivity contribution < 1.29 is 4.79 Å². The molecule has 0 saturated carbocycles. The van der Waals surface area contributed by atoms with E-state index in [1.165, 1.54) is 0 Å². The Hall–Kier alpha value is -0.643. The van der Waals surface area contributed by atoms with Crippen molar-refractivity contribution >= 4 is 20.5 Å². The van der Waals surface area contributed by atoms with Crippen molar-refractivity contribution in [3.8, 4) is 0 Å². The topological polar surface area (TPSA) is 32.7 Å². The molecular formula is C8H18N2OSi. The van der Waals surface area contributed by atoms with E-state index in [1.54, 1.807) is 6.92 Å². The molecule has 0 unspecified atom stereocenters. The van der Waals surface area contributed by atoms with Gasteiger partial charge in [-0.25, -0.2) is 0 Å². The van der Waals surface area contributed by atoms with Crippen LogP contribution in [0.3, 0.4) is 0 Å². The van der Waals surface area contributed by atoms with Crippen molar-refractivity contribution in [2.45, 2.75) is 33.4 Å². The maximum absolute atomic E-state index is 11.0. The predicted molar refractivity (Wildman–Crippen MR) is 55.0 cm³/mol. The number of carbonyl (C=O) groups is 1. The molecule has 0 N–H and O–H groups in total. The van der Waals surface area contributed by atoms with E-state index in [2.05, 4.69) is 18.2 Å². The van der Waals surface area contributed by atoms with E-state index in [-0.39, 0.29) is 5.78 Å². The van der Waals surface area contributed by atoms with Crippen LogP contribution in [0.1, 0.15) is 20.3 Å². The van der Waals surface area contributed by atoms with E-state index in [4.69, 9.17) is 0 Å². The first-order chi connectivity index (χ1) is 5.49. The number of hydrogen-bond donors (Lipinski definition) is 0. The second kappa shape index (κ2) is 5.08. The van der Waals surface area contributed by atoms with Gasteiger partial charge in [0.05, 0.1) is 0 Å². The molecule has 0 amide bonds. The summed E-state index contributed by atoms with van der Waals surface area (Å²) in [6.07, 6.45) is 0.723. The predicted octanol–water partition coefficient (Wildman–Crippen LogP) is 1.26. The minimum Gasteiger partial charge on any atom is -0.331 e. The van der Waals surface area contributed by atoms with Gasteiger partial charge in [-0.05, 0) is 6.42 Å². The molecule has 3 nitrogen and oxygen atoms in total. The molecule has 0 fully saturated rings. The third kappa shape index (κ3) is 3.66. The van der Waals surface area contributed by atoms with E-state index < -0.39 is 8.96 Å². The number of nitrogens with zero attached hydrogens (tertiary/aromatic N) is 2. The van der Waals surface area contributed by atoms with Crippen LogP contribution in [-0.4, -0.2) is 32.2 Å². The summed E-state index contributed by atoms with van der Waals surface area (Å²) in [4.78, 5) is 11.0. The first-order valence-electron chi connectivity index (χ1n) is 4.30. The molecule has 0 rings (SSSR count). The average Bonchev–Trinajstić information content (AvgIpc) is 1.98. The fraction of sp³-hybridized carbons (Fsp3) is 0.750. The van der Waals surface area contributed by atoms with Crippen molar-refractivity contribution in [1.82, 2.24) is 4.67 Å². The van der Waals surface area contributed by atoms with Crippen LogP contribution in [0.2, 0.25) is 13.1 Å². The molecule has 0 aliphatic rings. The van der Waals surface area contributed by atoms with Crippen LogP contribution in [-0.2, 0) is 4.79 Å². The Kier molecular flexibility index (Phi) is 4.81. The highest BCUT2D eigenvalue weighted by molar-refractivity contribution is 6.52. The van der Waals surface area contributed by atoms with Gasteiger partial charge in [-0.2, -0.15) is 5.10 Å². The van der Waals surface area contributed by atoms with Crippen LogP contribution >= 0.6 is 0 Å². The second-order valence-corrected chi connectivity index (χ2v) is 6.06. The van der Waals surface area contributed by atoms with Gasteiger partial charge in [0.15, 0.2) is 14.7 Å². The molecule has 70 valence electrons. The summed E-state index contributed by atoms with van der Waals surface area (Å²) in [6, 6.07) is 0. The van der Waals surface area contributed by atoms with Crippen molar-refractivity contribution in [2.24, 2.45) is 5.10 Å². The van der Waals surface area contributed by atoms with E-state index in [0.717, 1.165) is 6.42 Å². The summed E-state index contributed by atoms with van der Waals surface area (Å²) in [7, 11) is 1.06. The van der Waals surface area contributed by atoms with Gasteiger partial charge in [0.2, 0.25) is 0 Å². The van der Waals surface area contributed by atoms with Gasteiger partial charge in [-0.3, -0.25) is 4.79 Å². The largest absolute Gasteiger partial charge is 0.331 e. The zero-order valence-electron chi connectivity index (χ0n) is 8.59. The minimum absolute atomic E-state index is 0.0824. The number of rotatable bonds is 4. The quantitative estimate of drug-likeness (QED) is 0.376. The van der Waals surface area contributed by atoms with E-state index in [9.17, 15) is 4.79 Å². The van der Waals surface area contributed by atoms with E-state index in [0.29, 0.717) is 5.71 Å². The van der Waals surface area contributed by atoms with Gasteiger partial charge in [0.25, 0.3) is 0 Å². The lowest BCUT2D eigenvalue weighted by Crippen LogP contribution is -2.27. The Morgan fingerprint density at radius 1 is 1.50 bits per heavy atom. The Morgan fingerprint density at radius 2 is 2.00 bits per heavy atom. The molecule has 0 saturated heterocycles. The third-order valence-electron chi connectivity index (χ3n) is 1.77. The van der Waals surface area contributed by atoms with Gasteiger partial charge in [0.1, 0.15) is 5.71 Å². The molecule has 0 aromatic carbocycles. The maximum Gasteiger partial charge on any atom is 0.175 e. The zero-order chi connectivity index (χ0) is 9.72. The van der Waals surface area contributed by atoms with E-state index in [1.807, 2.05) is 18.6 Å².